The summed E-state index contributed by atoms with van der Waals surface area (Å²) in [5, 5.41) is 0.553. The van der Waals surface area contributed by atoms with Gasteiger partial charge >= 0.3 is 0 Å². The number of halogens is 1. The maximum Gasteiger partial charge on any atom is 0.145 e. The molecule has 1 rings (SSSR count). The molecule has 1 aromatic carbocycles. The highest BCUT2D eigenvalue weighted by atomic mass is 35.5. The Morgan fingerprint density at radius 1 is 1.73 bits per heavy atom. The van der Waals surface area contributed by atoms with Crippen LogP contribution in [0.4, 0.5) is 0 Å². The maximum atomic E-state index is 5.87. The van der Waals surface area contributed by atoms with Crippen molar-refractivity contribution >= 4 is 11.6 Å². The van der Waals surface area contributed by atoms with E-state index in [0.29, 0.717) is 17.3 Å². The Morgan fingerprint density at radius 3 is 3.00 bits per heavy atom. The van der Waals surface area contributed by atoms with Gasteiger partial charge in [0.05, 0.1) is 12.1 Å². The quantitative estimate of drug-likeness (QED) is 0.732. The zero-order chi connectivity index (χ0) is 8.27. The lowest BCUT2D eigenvalue weighted by Gasteiger charge is -2.04. The summed E-state index contributed by atoms with van der Waals surface area (Å²) in [5.41, 5.74) is 6.30. The van der Waals surface area contributed by atoms with Crippen LogP contribution in [0.3, 0.4) is 0 Å². The molecule has 0 spiro atoms. The summed E-state index contributed by atoms with van der Waals surface area (Å²) >= 11 is 5.87. The number of hydrogen-bond acceptors (Lipinski definition) is 2. The first-order chi connectivity index (χ1) is 5.29. The van der Waals surface area contributed by atoms with Crippen molar-refractivity contribution in [3.05, 3.63) is 28.8 Å². The van der Waals surface area contributed by atoms with Crippen molar-refractivity contribution in [3.63, 3.8) is 0 Å². The summed E-state index contributed by atoms with van der Waals surface area (Å²) in [6.07, 6.45) is 0. The van der Waals surface area contributed by atoms with Crippen LogP contribution in [0.2, 0.25) is 5.02 Å². The van der Waals surface area contributed by atoms with Crippen LogP contribution >= 0.6 is 11.6 Å². The van der Waals surface area contributed by atoms with Crippen molar-refractivity contribution in [2.45, 2.75) is 6.54 Å². The molecule has 0 amide bonds. The molecule has 0 bridgehead atoms. The number of benzene rings is 1. The van der Waals surface area contributed by atoms with E-state index in [1.807, 2.05) is 6.07 Å². The van der Waals surface area contributed by atoms with E-state index in [0.717, 1.165) is 5.56 Å². The van der Waals surface area contributed by atoms with E-state index < -0.39 is 0 Å². The first-order valence-electron chi connectivity index (χ1n) is 3.22. The van der Waals surface area contributed by atoms with Crippen molar-refractivity contribution in [3.8, 4) is 5.75 Å². The van der Waals surface area contributed by atoms with Crippen LogP contribution in [0, 0.1) is 6.07 Å². The van der Waals surface area contributed by atoms with Gasteiger partial charge in [-0.2, -0.15) is 0 Å². The van der Waals surface area contributed by atoms with E-state index in [-0.39, 0.29) is 0 Å². The molecule has 0 aliphatic heterocycles. The molecule has 0 saturated carbocycles. The second-order valence-corrected chi connectivity index (χ2v) is 2.43. The highest BCUT2D eigenvalue weighted by Gasteiger charge is 2.03. The number of ether oxygens (including phenoxy) is 1. The zero-order valence-electron chi connectivity index (χ0n) is 6.23. The molecule has 0 fully saturated rings. The monoisotopic (exact) mass is 170 g/mol. The van der Waals surface area contributed by atoms with Gasteiger partial charge in [0.2, 0.25) is 0 Å². The molecule has 1 radical (unpaired) electrons. The van der Waals surface area contributed by atoms with Gasteiger partial charge in [0.15, 0.2) is 0 Å². The summed E-state index contributed by atoms with van der Waals surface area (Å²) in [7, 11) is 1.55. The van der Waals surface area contributed by atoms with Crippen molar-refractivity contribution in [2.24, 2.45) is 5.73 Å². The van der Waals surface area contributed by atoms with Gasteiger partial charge < -0.3 is 10.5 Å². The predicted molar refractivity (Wildman–Crippen MR) is 44.7 cm³/mol. The Morgan fingerprint density at radius 2 is 2.45 bits per heavy atom. The molecule has 3 heteroatoms. The highest BCUT2D eigenvalue weighted by molar-refractivity contribution is 6.32. The molecule has 0 aromatic heterocycles. The van der Waals surface area contributed by atoms with E-state index in [4.69, 9.17) is 22.1 Å². The van der Waals surface area contributed by atoms with Gasteiger partial charge in [-0.15, -0.1) is 0 Å². The fraction of sp³-hybridized carbons (Fsp3) is 0.250. The van der Waals surface area contributed by atoms with E-state index in [9.17, 15) is 0 Å². The van der Waals surface area contributed by atoms with E-state index in [1.54, 1.807) is 13.2 Å². The molecule has 0 aliphatic carbocycles. The number of rotatable bonds is 2. The van der Waals surface area contributed by atoms with Crippen molar-refractivity contribution < 1.29 is 4.74 Å². The number of methoxy groups -OCH3 is 1. The summed E-state index contributed by atoms with van der Waals surface area (Å²) in [6, 6.07) is 6.42. The first kappa shape index (κ1) is 8.37. The standard InChI is InChI=1S/C8H9ClNO/c1-11-7-4-2-3-6(5-10)8(7)9/h2-3H,5,10H2,1H3. The topological polar surface area (TPSA) is 35.2 Å². The Balaban J connectivity index is 3.10. The Hall–Kier alpha value is -0.730. The molecule has 2 N–H and O–H groups in total. The SMILES string of the molecule is COc1[c]ccc(CN)c1Cl. The minimum absolute atomic E-state index is 0.421. The van der Waals surface area contributed by atoms with Crippen LogP contribution in [-0.4, -0.2) is 7.11 Å². The molecular weight excluding hydrogens is 162 g/mol. The Labute approximate surface area is 70.9 Å². The molecule has 0 saturated heterocycles. The third kappa shape index (κ3) is 1.64. The number of nitrogens with two attached hydrogens (primary N) is 1. The van der Waals surface area contributed by atoms with E-state index >= 15 is 0 Å². The van der Waals surface area contributed by atoms with Gasteiger partial charge in [-0.1, -0.05) is 23.7 Å². The minimum atomic E-state index is 0.421. The van der Waals surface area contributed by atoms with Gasteiger partial charge in [-0.3, -0.25) is 0 Å². The van der Waals surface area contributed by atoms with Gasteiger partial charge in [0.25, 0.3) is 0 Å². The van der Waals surface area contributed by atoms with Gasteiger partial charge in [-0.25, -0.2) is 0 Å². The van der Waals surface area contributed by atoms with Gasteiger partial charge in [-0.05, 0) is 5.56 Å². The normalized spacial score (nSPS) is 9.73. The largest absolute Gasteiger partial charge is 0.495 e. The number of hydrogen-bond donors (Lipinski definition) is 1. The average molecular weight is 171 g/mol. The first-order valence-corrected chi connectivity index (χ1v) is 3.60. The molecular formula is C8H9ClNO. The molecule has 2 nitrogen and oxygen atoms in total. The van der Waals surface area contributed by atoms with Crippen LogP contribution < -0.4 is 10.5 Å². The Bertz CT molecular complexity index is 228. The van der Waals surface area contributed by atoms with E-state index in [2.05, 4.69) is 6.07 Å². The molecule has 59 valence electrons. The molecule has 0 atom stereocenters. The van der Waals surface area contributed by atoms with Crippen LogP contribution in [0.1, 0.15) is 5.56 Å². The van der Waals surface area contributed by atoms with Crippen LogP contribution in [0.5, 0.6) is 5.75 Å². The molecule has 0 unspecified atom stereocenters. The van der Waals surface area contributed by atoms with Crippen LogP contribution in [0.25, 0.3) is 0 Å². The Kier molecular flexibility index (Phi) is 2.74. The lowest BCUT2D eigenvalue weighted by Crippen LogP contribution is -1.98. The second-order valence-electron chi connectivity index (χ2n) is 2.05. The fourth-order valence-electron chi connectivity index (χ4n) is 0.806. The molecule has 0 heterocycles. The lowest BCUT2D eigenvalue weighted by molar-refractivity contribution is 0.413. The second kappa shape index (κ2) is 3.60. The summed E-state index contributed by atoms with van der Waals surface area (Å²) in [6.45, 7) is 0.421. The van der Waals surface area contributed by atoms with Crippen LogP contribution in [0.15, 0.2) is 12.1 Å². The van der Waals surface area contributed by atoms with Crippen molar-refractivity contribution in [2.75, 3.05) is 7.11 Å². The summed E-state index contributed by atoms with van der Waals surface area (Å²) < 4.78 is 4.94. The van der Waals surface area contributed by atoms with Gasteiger partial charge in [0, 0.05) is 12.6 Å². The van der Waals surface area contributed by atoms with Crippen molar-refractivity contribution in [1.82, 2.24) is 0 Å². The molecule has 0 aliphatic rings. The highest BCUT2D eigenvalue weighted by Crippen LogP contribution is 2.26. The van der Waals surface area contributed by atoms with Crippen molar-refractivity contribution in [1.29, 1.82) is 0 Å². The zero-order valence-corrected chi connectivity index (χ0v) is 6.98. The summed E-state index contributed by atoms with van der Waals surface area (Å²) in [5.74, 6) is 0.551. The molecule has 11 heavy (non-hydrogen) atoms. The van der Waals surface area contributed by atoms with E-state index in [1.165, 1.54) is 0 Å². The third-order valence-electron chi connectivity index (χ3n) is 1.40. The predicted octanol–water partition coefficient (Wildman–Crippen LogP) is 1.61. The van der Waals surface area contributed by atoms with Crippen LogP contribution in [-0.2, 0) is 6.54 Å². The smallest absolute Gasteiger partial charge is 0.145 e. The average Bonchev–Trinajstić information content (AvgIpc) is 2.05. The molecule has 1 aromatic rings. The lowest BCUT2D eigenvalue weighted by atomic mass is 10.2. The maximum absolute atomic E-state index is 5.87. The third-order valence-corrected chi connectivity index (χ3v) is 1.82. The van der Waals surface area contributed by atoms with Gasteiger partial charge in [0.1, 0.15) is 5.75 Å². The summed E-state index contributed by atoms with van der Waals surface area (Å²) in [4.78, 5) is 0. The fourth-order valence-corrected chi connectivity index (χ4v) is 1.08. The minimum Gasteiger partial charge on any atom is -0.495 e.